The van der Waals surface area contributed by atoms with Crippen LogP contribution >= 0.6 is 0 Å². The van der Waals surface area contributed by atoms with E-state index in [-0.39, 0.29) is 10.8 Å². The Morgan fingerprint density at radius 2 is 1.71 bits per heavy atom. The molecule has 3 heteroatoms. The number of fused-ring (bicyclic) bond motifs is 1. The first kappa shape index (κ1) is 12.1. The molecule has 2 heterocycles. The summed E-state index contributed by atoms with van der Waals surface area (Å²) in [6.07, 6.45) is 5.82. The van der Waals surface area contributed by atoms with Crippen LogP contribution in [0.2, 0.25) is 0 Å². The molecule has 0 saturated heterocycles. The first-order valence-corrected chi connectivity index (χ1v) is 6.04. The topological polar surface area (TPSA) is 30.2 Å². The van der Waals surface area contributed by atoms with Gasteiger partial charge in [-0.15, -0.1) is 0 Å². The Bertz CT molecular complexity index is 544. The summed E-state index contributed by atoms with van der Waals surface area (Å²) in [5, 5.41) is 0. The summed E-state index contributed by atoms with van der Waals surface area (Å²) >= 11 is 0. The van der Waals surface area contributed by atoms with Crippen molar-refractivity contribution in [3.8, 4) is 0 Å². The number of nitrogens with zero attached hydrogens (tertiary/aromatic N) is 3. The van der Waals surface area contributed by atoms with E-state index in [1.807, 2.05) is 25.5 Å². The molecule has 0 radical (unpaired) electrons. The minimum atomic E-state index is 0.0558. The van der Waals surface area contributed by atoms with E-state index >= 15 is 0 Å². The van der Waals surface area contributed by atoms with E-state index in [1.54, 1.807) is 0 Å². The first-order chi connectivity index (χ1) is 7.75. The summed E-state index contributed by atoms with van der Waals surface area (Å²) in [4.78, 5) is 8.78. The summed E-state index contributed by atoms with van der Waals surface area (Å²) in [7, 11) is 0. The van der Waals surface area contributed by atoms with Crippen LogP contribution in [0.15, 0.2) is 18.6 Å². The molecule has 0 bridgehead atoms. The van der Waals surface area contributed by atoms with Crippen LogP contribution in [0.3, 0.4) is 0 Å². The van der Waals surface area contributed by atoms with Gasteiger partial charge in [0.2, 0.25) is 0 Å². The molecule has 2 rings (SSSR count). The number of imidazole rings is 1. The third-order valence-corrected chi connectivity index (χ3v) is 4.12. The van der Waals surface area contributed by atoms with Crippen molar-refractivity contribution >= 4 is 5.65 Å². The van der Waals surface area contributed by atoms with Gasteiger partial charge in [0.25, 0.3) is 0 Å². The number of aromatic nitrogens is 3. The molecule has 0 unspecified atom stereocenters. The van der Waals surface area contributed by atoms with Crippen molar-refractivity contribution in [1.29, 1.82) is 0 Å². The fourth-order valence-electron chi connectivity index (χ4n) is 1.90. The van der Waals surface area contributed by atoms with Crippen molar-refractivity contribution in [3.63, 3.8) is 0 Å². The van der Waals surface area contributed by atoms with Crippen LogP contribution in [0.25, 0.3) is 5.65 Å². The van der Waals surface area contributed by atoms with Gasteiger partial charge in [0.15, 0.2) is 5.65 Å². The van der Waals surface area contributed by atoms with Crippen LogP contribution < -0.4 is 0 Å². The summed E-state index contributed by atoms with van der Waals surface area (Å²) in [6, 6.07) is 0. The predicted molar refractivity (Wildman–Crippen MR) is 70.2 cm³/mol. The quantitative estimate of drug-likeness (QED) is 0.753. The van der Waals surface area contributed by atoms with Gasteiger partial charge < -0.3 is 4.40 Å². The lowest BCUT2D eigenvalue weighted by atomic mass is 9.67. The van der Waals surface area contributed by atoms with Gasteiger partial charge >= 0.3 is 0 Å². The van der Waals surface area contributed by atoms with E-state index in [2.05, 4.69) is 49.0 Å². The molecule has 92 valence electrons. The summed E-state index contributed by atoms with van der Waals surface area (Å²) in [6.45, 7) is 13.3. The van der Waals surface area contributed by atoms with Crippen molar-refractivity contribution in [2.45, 2.75) is 47.0 Å². The Morgan fingerprint density at radius 3 is 2.29 bits per heavy atom. The third kappa shape index (κ3) is 1.74. The lowest BCUT2D eigenvalue weighted by molar-refractivity contribution is 0.218. The molecule has 0 fully saturated rings. The molecular weight excluding hydrogens is 210 g/mol. The summed E-state index contributed by atoms with van der Waals surface area (Å²) in [5.41, 5.74) is 3.41. The summed E-state index contributed by atoms with van der Waals surface area (Å²) in [5.74, 6) is 0. The van der Waals surface area contributed by atoms with Crippen molar-refractivity contribution in [3.05, 3.63) is 30.0 Å². The molecule has 0 saturated carbocycles. The Kier molecular flexibility index (Phi) is 2.53. The zero-order valence-electron chi connectivity index (χ0n) is 11.6. The molecule has 0 aliphatic heterocycles. The summed E-state index contributed by atoms with van der Waals surface area (Å²) < 4.78 is 2.16. The van der Waals surface area contributed by atoms with Gasteiger partial charge in [0, 0.05) is 29.7 Å². The van der Waals surface area contributed by atoms with Crippen molar-refractivity contribution in [2.75, 3.05) is 0 Å². The zero-order chi connectivity index (χ0) is 12.8. The monoisotopic (exact) mass is 231 g/mol. The molecule has 0 aliphatic carbocycles. The minimum Gasteiger partial charge on any atom is -0.300 e. The number of aryl methyl sites for hydroxylation is 1. The van der Waals surface area contributed by atoms with Gasteiger partial charge in [-0.05, 0) is 12.3 Å². The SMILES string of the molecule is Cc1nccn2c(C(C)(C)C(C)(C)C)cnc12. The molecule has 2 aromatic rings. The van der Waals surface area contributed by atoms with E-state index in [9.17, 15) is 0 Å². The molecular formula is C14H21N3. The maximum Gasteiger partial charge on any atom is 0.158 e. The zero-order valence-corrected chi connectivity index (χ0v) is 11.6. The molecule has 0 aliphatic rings. The van der Waals surface area contributed by atoms with Crippen molar-refractivity contribution in [1.82, 2.24) is 14.4 Å². The molecule has 0 amide bonds. The Hall–Kier alpha value is -1.38. The van der Waals surface area contributed by atoms with Crippen LogP contribution in [0.1, 0.15) is 46.0 Å². The molecule has 0 N–H and O–H groups in total. The van der Waals surface area contributed by atoms with Crippen LogP contribution in [0.4, 0.5) is 0 Å². The highest BCUT2D eigenvalue weighted by molar-refractivity contribution is 5.45. The van der Waals surface area contributed by atoms with Crippen molar-refractivity contribution in [2.24, 2.45) is 5.41 Å². The van der Waals surface area contributed by atoms with E-state index < -0.39 is 0 Å². The molecule has 0 spiro atoms. The van der Waals surface area contributed by atoms with Crippen LogP contribution in [0.5, 0.6) is 0 Å². The predicted octanol–water partition coefficient (Wildman–Crippen LogP) is 3.36. The van der Waals surface area contributed by atoms with Crippen LogP contribution in [-0.2, 0) is 5.41 Å². The molecule has 17 heavy (non-hydrogen) atoms. The van der Waals surface area contributed by atoms with Crippen LogP contribution in [0, 0.1) is 12.3 Å². The van der Waals surface area contributed by atoms with Gasteiger partial charge in [0.1, 0.15) is 0 Å². The molecule has 0 atom stereocenters. The van der Waals surface area contributed by atoms with Gasteiger partial charge in [-0.3, -0.25) is 4.98 Å². The molecule has 3 nitrogen and oxygen atoms in total. The van der Waals surface area contributed by atoms with E-state index in [0.717, 1.165) is 11.3 Å². The molecule has 2 aromatic heterocycles. The number of hydrogen-bond acceptors (Lipinski definition) is 2. The van der Waals surface area contributed by atoms with Crippen molar-refractivity contribution < 1.29 is 0 Å². The third-order valence-electron chi connectivity index (χ3n) is 4.12. The second kappa shape index (κ2) is 3.56. The average molecular weight is 231 g/mol. The Balaban J connectivity index is 2.69. The normalized spacial score (nSPS) is 13.3. The Morgan fingerprint density at radius 1 is 1.06 bits per heavy atom. The highest BCUT2D eigenvalue weighted by atomic mass is 15.0. The maximum atomic E-state index is 4.50. The number of hydrogen-bond donors (Lipinski definition) is 0. The van der Waals surface area contributed by atoms with E-state index in [4.69, 9.17) is 0 Å². The smallest absolute Gasteiger partial charge is 0.158 e. The fraction of sp³-hybridized carbons (Fsp3) is 0.571. The van der Waals surface area contributed by atoms with Gasteiger partial charge in [-0.25, -0.2) is 4.98 Å². The lowest BCUT2D eigenvalue weighted by Gasteiger charge is -2.38. The molecule has 0 aromatic carbocycles. The first-order valence-electron chi connectivity index (χ1n) is 6.04. The van der Waals surface area contributed by atoms with Crippen LogP contribution in [-0.4, -0.2) is 14.4 Å². The standard InChI is InChI=1S/C14H21N3/c1-10-12-16-9-11(17(12)8-7-15-10)14(5,6)13(2,3)4/h7-9H,1-6H3. The second-order valence-corrected chi connectivity index (χ2v) is 6.22. The number of rotatable bonds is 1. The van der Waals surface area contributed by atoms with Gasteiger partial charge in [-0.1, -0.05) is 34.6 Å². The minimum absolute atomic E-state index is 0.0558. The van der Waals surface area contributed by atoms with Gasteiger partial charge in [0.05, 0.1) is 5.69 Å². The second-order valence-electron chi connectivity index (χ2n) is 6.22. The Labute approximate surface area is 103 Å². The van der Waals surface area contributed by atoms with E-state index in [0.29, 0.717) is 0 Å². The van der Waals surface area contributed by atoms with Gasteiger partial charge in [-0.2, -0.15) is 0 Å². The van der Waals surface area contributed by atoms with E-state index in [1.165, 1.54) is 5.69 Å². The highest BCUT2D eigenvalue weighted by Crippen LogP contribution is 2.40. The largest absolute Gasteiger partial charge is 0.300 e. The lowest BCUT2D eigenvalue weighted by Crippen LogP contribution is -2.35. The average Bonchev–Trinajstić information content (AvgIpc) is 2.61. The maximum absolute atomic E-state index is 4.50. The highest BCUT2D eigenvalue weighted by Gasteiger charge is 2.36. The fourth-order valence-corrected chi connectivity index (χ4v) is 1.90.